The lowest BCUT2D eigenvalue weighted by Crippen LogP contribution is -2.49. The third kappa shape index (κ3) is 3.30. The van der Waals surface area contributed by atoms with E-state index >= 15 is 0 Å². The minimum atomic E-state index is -2.98. The van der Waals surface area contributed by atoms with Crippen LogP contribution in [-0.2, 0) is 10.0 Å². The Kier molecular flexibility index (Phi) is 5.00. The van der Waals surface area contributed by atoms with Gasteiger partial charge in [0.25, 0.3) is 0 Å². The summed E-state index contributed by atoms with van der Waals surface area (Å²) < 4.78 is 24.3. The zero-order valence-corrected chi connectivity index (χ0v) is 11.2. The van der Waals surface area contributed by atoms with E-state index in [1.807, 2.05) is 0 Å². The van der Waals surface area contributed by atoms with E-state index in [2.05, 4.69) is 10.2 Å². The number of nitrogens with one attached hydrogen (secondary N) is 1. The molecule has 2 saturated heterocycles. The van der Waals surface area contributed by atoms with Crippen molar-refractivity contribution in [2.24, 2.45) is 0 Å². The molecule has 0 aromatic carbocycles. The number of sulfonamides is 1. The fraction of sp³-hybridized carbons (Fsp3) is 1.00. The Labute approximate surface area is 104 Å². The maximum atomic E-state index is 11.4. The molecule has 2 rings (SSSR count). The summed E-state index contributed by atoms with van der Waals surface area (Å²) in [6.07, 6.45) is 2.28. The van der Waals surface area contributed by atoms with Gasteiger partial charge in [-0.1, -0.05) is 0 Å². The van der Waals surface area contributed by atoms with Crippen molar-refractivity contribution in [3.63, 3.8) is 0 Å². The summed E-state index contributed by atoms with van der Waals surface area (Å²) in [5.74, 6) is 0. The smallest absolute Gasteiger partial charge is 0.211 e. The van der Waals surface area contributed by atoms with Gasteiger partial charge in [0.05, 0.1) is 6.26 Å². The molecule has 0 spiro atoms. The van der Waals surface area contributed by atoms with E-state index < -0.39 is 10.0 Å². The van der Waals surface area contributed by atoms with Crippen molar-refractivity contribution in [2.45, 2.75) is 12.5 Å². The molecule has 0 aliphatic carbocycles. The summed E-state index contributed by atoms with van der Waals surface area (Å²) in [6, 6.07) is 0.432. The number of hydrogen-bond donors (Lipinski definition) is 1. The quantitative estimate of drug-likeness (QED) is 0.724. The SMILES string of the molecule is CS(=O)(=O)N1CCC(N2CCNCC2)C1.Cl. The van der Waals surface area contributed by atoms with Crippen LogP contribution in [-0.4, -0.2) is 69.2 Å². The van der Waals surface area contributed by atoms with Crippen molar-refractivity contribution in [1.29, 1.82) is 0 Å². The molecule has 2 aliphatic heterocycles. The maximum absolute atomic E-state index is 11.4. The molecular weight excluding hydrogens is 250 g/mol. The first-order chi connectivity index (χ1) is 7.07. The van der Waals surface area contributed by atoms with E-state index in [4.69, 9.17) is 0 Å². The van der Waals surface area contributed by atoms with Crippen LogP contribution in [0.2, 0.25) is 0 Å². The number of hydrogen-bond acceptors (Lipinski definition) is 4. The van der Waals surface area contributed by atoms with Gasteiger partial charge in [0, 0.05) is 45.3 Å². The number of halogens is 1. The number of piperazine rings is 1. The van der Waals surface area contributed by atoms with Gasteiger partial charge in [0.2, 0.25) is 10.0 Å². The van der Waals surface area contributed by atoms with Crippen LogP contribution in [0.15, 0.2) is 0 Å². The van der Waals surface area contributed by atoms with Gasteiger partial charge in [-0.3, -0.25) is 4.90 Å². The van der Waals surface area contributed by atoms with Crippen molar-refractivity contribution in [2.75, 3.05) is 45.5 Å². The maximum Gasteiger partial charge on any atom is 0.211 e. The third-order valence-electron chi connectivity index (χ3n) is 3.26. The van der Waals surface area contributed by atoms with Crippen LogP contribution >= 0.6 is 12.4 Å². The van der Waals surface area contributed by atoms with Crippen molar-refractivity contribution in [3.05, 3.63) is 0 Å². The summed E-state index contributed by atoms with van der Waals surface area (Å²) in [6.45, 7) is 5.50. The zero-order chi connectivity index (χ0) is 10.9. The van der Waals surface area contributed by atoms with E-state index in [9.17, 15) is 8.42 Å². The van der Waals surface area contributed by atoms with Gasteiger partial charge in [-0.2, -0.15) is 0 Å². The van der Waals surface area contributed by atoms with Crippen molar-refractivity contribution < 1.29 is 8.42 Å². The first-order valence-corrected chi connectivity index (χ1v) is 7.32. The molecule has 0 bridgehead atoms. The minimum Gasteiger partial charge on any atom is -0.314 e. The van der Waals surface area contributed by atoms with Crippen LogP contribution in [0, 0.1) is 0 Å². The fourth-order valence-corrected chi connectivity index (χ4v) is 3.24. The normalized spacial score (nSPS) is 28.9. The zero-order valence-electron chi connectivity index (χ0n) is 9.55. The Morgan fingerprint density at radius 2 is 1.81 bits per heavy atom. The summed E-state index contributed by atoms with van der Waals surface area (Å²) in [5.41, 5.74) is 0. The van der Waals surface area contributed by atoms with Crippen molar-refractivity contribution in [1.82, 2.24) is 14.5 Å². The largest absolute Gasteiger partial charge is 0.314 e. The Hall–Kier alpha value is 0.120. The molecule has 2 heterocycles. The standard InChI is InChI=1S/C9H19N3O2S.ClH/c1-15(13,14)12-5-2-9(8-12)11-6-3-10-4-7-11;/h9-10H,2-8H2,1H3;1H. The highest BCUT2D eigenvalue weighted by atomic mass is 35.5. The number of rotatable bonds is 2. The second-order valence-corrected chi connectivity index (χ2v) is 6.33. The molecule has 2 fully saturated rings. The second-order valence-electron chi connectivity index (χ2n) is 4.35. The van der Waals surface area contributed by atoms with Crippen LogP contribution < -0.4 is 5.32 Å². The molecule has 5 nitrogen and oxygen atoms in total. The van der Waals surface area contributed by atoms with Crippen molar-refractivity contribution in [3.8, 4) is 0 Å². The first kappa shape index (κ1) is 14.2. The molecule has 0 radical (unpaired) electrons. The highest BCUT2D eigenvalue weighted by Gasteiger charge is 2.32. The molecule has 16 heavy (non-hydrogen) atoms. The van der Waals surface area contributed by atoms with Gasteiger partial charge in [-0.15, -0.1) is 12.4 Å². The van der Waals surface area contributed by atoms with Gasteiger partial charge in [-0.25, -0.2) is 12.7 Å². The highest BCUT2D eigenvalue weighted by molar-refractivity contribution is 7.88. The van der Waals surface area contributed by atoms with E-state index in [0.29, 0.717) is 19.1 Å². The Balaban J connectivity index is 0.00000128. The second kappa shape index (κ2) is 5.64. The lowest BCUT2D eigenvalue weighted by Gasteiger charge is -2.32. The Morgan fingerprint density at radius 3 is 2.31 bits per heavy atom. The molecule has 0 amide bonds. The van der Waals surface area contributed by atoms with E-state index in [1.165, 1.54) is 6.26 Å². The van der Waals surface area contributed by atoms with E-state index in [-0.39, 0.29) is 12.4 Å². The van der Waals surface area contributed by atoms with Gasteiger partial charge >= 0.3 is 0 Å². The lowest BCUT2D eigenvalue weighted by atomic mass is 10.2. The summed E-state index contributed by atoms with van der Waals surface area (Å²) in [5, 5.41) is 3.31. The molecule has 1 N–H and O–H groups in total. The van der Waals surface area contributed by atoms with Crippen LogP contribution in [0.5, 0.6) is 0 Å². The predicted molar refractivity (Wildman–Crippen MR) is 66.5 cm³/mol. The lowest BCUT2D eigenvalue weighted by molar-refractivity contribution is 0.180. The predicted octanol–water partition coefficient (Wildman–Crippen LogP) is -0.653. The molecule has 0 aromatic heterocycles. The average molecular weight is 270 g/mol. The molecule has 96 valence electrons. The highest BCUT2D eigenvalue weighted by Crippen LogP contribution is 2.18. The summed E-state index contributed by atoms with van der Waals surface area (Å²) in [4.78, 5) is 2.40. The van der Waals surface area contributed by atoms with Crippen LogP contribution in [0.4, 0.5) is 0 Å². The molecule has 1 unspecified atom stereocenters. The summed E-state index contributed by atoms with van der Waals surface area (Å²) in [7, 11) is -2.98. The summed E-state index contributed by atoms with van der Waals surface area (Å²) >= 11 is 0. The Morgan fingerprint density at radius 1 is 1.19 bits per heavy atom. The number of nitrogens with zero attached hydrogens (tertiary/aromatic N) is 2. The molecule has 0 saturated carbocycles. The fourth-order valence-electron chi connectivity index (χ4n) is 2.36. The molecule has 2 aliphatic rings. The van der Waals surface area contributed by atoms with Gasteiger partial charge < -0.3 is 5.32 Å². The topological polar surface area (TPSA) is 52.7 Å². The molecule has 0 aromatic rings. The van der Waals surface area contributed by atoms with Crippen LogP contribution in [0.3, 0.4) is 0 Å². The minimum absolute atomic E-state index is 0. The van der Waals surface area contributed by atoms with Gasteiger partial charge in [-0.05, 0) is 6.42 Å². The van der Waals surface area contributed by atoms with Gasteiger partial charge in [0.1, 0.15) is 0 Å². The molecule has 7 heteroatoms. The molecule has 1 atom stereocenters. The average Bonchev–Trinajstić information content (AvgIpc) is 2.67. The van der Waals surface area contributed by atoms with Gasteiger partial charge in [0.15, 0.2) is 0 Å². The van der Waals surface area contributed by atoms with E-state index in [1.54, 1.807) is 4.31 Å². The van der Waals surface area contributed by atoms with E-state index in [0.717, 1.165) is 32.6 Å². The van der Waals surface area contributed by atoms with Crippen molar-refractivity contribution >= 4 is 22.4 Å². The first-order valence-electron chi connectivity index (χ1n) is 5.47. The third-order valence-corrected chi connectivity index (χ3v) is 4.53. The monoisotopic (exact) mass is 269 g/mol. The molecular formula is C9H20ClN3O2S. The Bertz CT molecular complexity index is 317. The van der Waals surface area contributed by atoms with Crippen LogP contribution in [0.25, 0.3) is 0 Å². The van der Waals surface area contributed by atoms with Crippen LogP contribution in [0.1, 0.15) is 6.42 Å².